The van der Waals surface area contributed by atoms with Crippen LogP contribution in [0.2, 0.25) is 0 Å². The van der Waals surface area contributed by atoms with E-state index in [1.54, 1.807) is 18.7 Å². The maximum atomic E-state index is 12.5. The average Bonchev–Trinajstić information content (AvgIpc) is 3.12. The highest BCUT2D eigenvalue weighted by Gasteiger charge is 2.26. The van der Waals surface area contributed by atoms with Crippen molar-refractivity contribution in [2.75, 3.05) is 23.3 Å². The monoisotopic (exact) mass is 336 g/mol. The van der Waals surface area contributed by atoms with Gasteiger partial charge in [-0.3, -0.25) is 4.79 Å². The number of piperidine rings is 1. The van der Waals surface area contributed by atoms with Gasteiger partial charge >= 0.3 is 0 Å². The lowest BCUT2D eigenvalue weighted by atomic mass is 9.96. The molecule has 1 N–H and O–H groups in total. The van der Waals surface area contributed by atoms with Crippen LogP contribution < -0.4 is 10.2 Å². The third-order valence-electron chi connectivity index (χ3n) is 4.65. The van der Waals surface area contributed by atoms with Crippen LogP contribution in [0.3, 0.4) is 0 Å². The zero-order valence-electron chi connectivity index (χ0n) is 14.1. The summed E-state index contributed by atoms with van der Waals surface area (Å²) in [5, 5.41) is 2.92. The van der Waals surface area contributed by atoms with Crippen LogP contribution in [-0.4, -0.2) is 38.3 Å². The van der Waals surface area contributed by atoms with E-state index in [4.69, 9.17) is 0 Å². The largest absolute Gasteiger partial charge is 0.355 e. The van der Waals surface area contributed by atoms with Crippen LogP contribution in [0, 0.1) is 12.8 Å². The van der Waals surface area contributed by atoms with Crippen molar-refractivity contribution in [3.8, 4) is 0 Å². The molecule has 0 aromatic carbocycles. The summed E-state index contributed by atoms with van der Waals surface area (Å²) < 4.78 is 1.96. The number of carbonyl (C=O) groups is 1. The van der Waals surface area contributed by atoms with Crippen LogP contribution in [0.15, 0.2) is 43.2 Å². The summed E-state index contributed by atoms with van der Waals surface area (Å²) in [6, 6.07) is 3.79. The molecule has 0 bridgehead atoms. The maximum Gasteiger partial charge on any atom is 0.228 e. The number of hydrogen-bond acceptors (Lipinski definition) is 5. The van der Waals surface area contributed by atoms with Crippen LogP contribution in [0.5, 0.6) is 0 Å². The first-order valence-electron chi connectivity index (χ1n) is 8.46. The Morgan fingerprint density at radius 3 is 2.80 bits per heavy atom. The standard InChI is InChI=1S/C18H20N6O/c1-13-2-3-16(21-10-13)22-18(25)14-4-7-23(8-5-14)17-15-11-19-12-24(15)9-6-20-17/h2-3,6,9-12,14H,4-5,7-8H2,1H3,(H,21,22,25). The van der Waals surface area contributed by atoms with Gasteiger partial charge in [-0.25, -0.2) is 15.0 Å². The Bertz CT molecular complexity index is 880. The number of imidazole rings is 1. The van der Waals surface area contributed by atoms with Gasteiger partial charge in [0.15, 0.2) is 5.82 Å². The molecule has 3 aromatic rings. The Hall–Kier alpha value is -2.96. The minimum absolute atomic E-state index is 0.00370. The van der Waals surface area contributed by atoms with Crippen LogP contribution >= 0.6 is 0 Å². The van der Waals surface area contributed by atoms with Crippen molar-refractivity contribution >= 4 is 23.1 Å². The number of rotatable bonds is 3. The van der Waals surface area contributed by atoms with Crippen molar-refractivity contribution in [3.05, 3.63) is 48.8 Å². The van der Waals surface area contributed by atoms with Gasteiger partial charge in [0.25, 0.3) is 0 Å². The molecule has 25 heavy (non-hydrogen) atoms. The van der Waals surface area contributed by atoms with Gasteiger partial charge in [0, 0.05) is 37.6 Å². The quantitative estimate of drug-likeness (QED) is 0.794. The van der Waals surface area contributed by atoms with Crippen LogP contribution in [-0.2, 0) is 4.79 Å². The zero-order valence-corrected chi connectivity index (χ0v) is 14.1. The Morgan fingerprint density at radius 1 is 1.20 bits per heavy atom. The molecule has 0 unspecified atom stereocenters. The molecule has 7 nitrogen and oxygen atoms in total. The van der Waals surface area contributed by atoms with Crippen molar-refractivity contribution in [2.45, 2.75) is 19.8 Å². The highest BCUT2D eigenvalue weighted by molar-refractivity contribution is 5.91. The molecular weight excluding hydrogens is 316 g/mol. The van der Waals surface area contributed by atoms with Crippen LogP contribution in [0.1, 0.15) is 18.4 Å². The first-order chi connectivity index (χ1) is 12.2. The molecule has 128 valence electrons. The van der Waals surface area contributed by atoms with E-state index in [0.717, 1.165) is 42.8 Å². The average molecular weight is 336 g/mol. The number of anilines is 2. The topological polar surface area (TPSA) is 75.4 Å². The van der Waals surface area contributed by atoms with Crippen molar-refractivity contribution in [3.63, 3.8) is 0 Å². The lowest BCUT2D eigenvalue weighted by Crippen LogP contribution is -2.38. The number of pyridine rings is 1. The Morgan fingerprint density at radius 2 is 2.04 bits per heavy atom. The van der Waals surface area contributed by atoms with Crippen molar-refractivity contribution in [1.82, 2.24) is 19.4 Å². The SMILES string of the molecule is Cc1ccc(NC(=O)C2CCN(c3nccn4cncc34)CC2)nc1. The first-order valence-corrected chi connectivity index (χ1v) is 8.46. The van der Waals surface area contributed by atoms with E-state index in [1.807, 2.05) is 35.9 Å². The van der Waals surface area contributed by atoms with E-state index < -0.39 is 0 Å². The molecule has 0 radical (unpaired) electrons. The summed E-state index contributed by atoms with van der Waals surface area (Å²) >= 11 is 0. The molecule has 3 aromatic heterocycles. The summed E-state index contributed by atoms with van der Waals surface area (Å²) in [6.07, 6.45) is 10.6. The smallest absolute Gasteiger partial charge is 0.228 e. The minimum atomic E-state index is 0.00370. The Kier molecular flexibility index (Phi) is 4.05. The molecule has 1 fully saturated rings. The van der Waals surface area contributed by atoms with Crippen LogP contribution in [0.25, 0.3) is 5.52 Å². The number of nitrogens with one attached hydrogen (secondary N) is 1. The summed E-state index contributed by atoms with van der Waals surface area (Å²) in [4.78, 5) is 27.6. The number of hydrogen-bond donors (Lipinski definition) is 1. The summed E-state index contributed by atoms with van der Waals surface area (Å²) in [6.45, 7) is 3.58. The molecule has 0 aliphatic carbocycles. The van der Waals surface area contributed by atoms with Gasteiger partial charge in [-0.15, -0.1) is 0 Å². The highest BCUT2D eigenvalue weighted by atomic mass is 16.1. The predicted molar refractivity (Wildman–Crippen MR) is 95.5 cm³/mol. The van der Waals surface area contributed by atoms with E-state index >= 15 is 0 Å². The van der Waals surface area contributed by atoms with Crippen molar-refractivity contribution < 1.29 is 4.79 Å². The number of aryl methyl sites for hydroxylation is 1. The number of carbonyl (C=O) groups excluding carboxylic acids is 1. The lowest BCUT2D eigenvalue weighted by molar-refractivity contribution is -0.120. The fourth-order valence-electron chi connectivity index (χ4n) is 3.21. The molecule has 1 saturated heterocycles. The molecule has 4 rings (SSSR count). The normalized spacial score (nSPS) is 15.5. The fraction of sp³-hybridized carbons (Fsp3) is 0.333. The van der Waals surface area contributed by atoms with E-state index in [1.165, 1.54) is 0 Å². The van der Waals surface area contributed by atoms with Crippen LogP contribution in [0.4, 0.5) is 11.6 Å². The molecular formula is C18H20N6O. The van der Waals surface area contributed by atoms with E-state index in [9.17, 15) is 4.79 Å². The van der Waals surface area contributed by atoms with Gasteiger partial charge in [0.05, 0.1) is 12.5 Å². The second-order valence-electron chi connectivity index (χ2n) is 6.41. The minimum Gasteiger partial charge on any atom is -0.355 e. The van der Waals surface area contributed by atoms with E-state index in [0.29, 0.717) is 5.82 Å². The Balaban J connectivity index is 1.40. The molecule has 7 heteroatoms. The summed E-state index contributed by atoms with van der Waals surface area (Å²) in [7, 11) is 0. The highest BCUT2D eigenvalue weighted by Crippen LogP contribution is 2.25. The predicted octanol–water partition coefficient (Wildman–Crippen LogP) is 2.29. The zero-order chi connectivity index (χ0) is 17.2. The molecule has 4 heterocycles. The lowest BCUT2D eigenvalue weighted by Gasteiger charge is -2.32. The molecule has 0 atom stereocenters. The molecule has 1 aliphatic rings. The molecule has 1 amide bonds. The van der Waals surface area contributed by atoms with Gasteiger partial charge in [0.2, 0.25) is 5.91 Å². The number of aromatic nitrogens is 4. The summed E-state index contributed by atoms with van der Waals surface area (Å²) in [5.74, 6) is 1.60. The van der Waals surface area contributed by atoms with Crippen molar-refractivity contribution in [2.24, 2.45) is 5.92 Å². The third-order valence-corrected chi connectivity index (χ3v) is 4.65. The maximum absolute atomic E-state index is 12.5. The number of fused-ring (bicyclic) bond motifs is 1. The van der Waals surface area contributed by atoms with E-state index in [-0.39, 0.29) is 11.8 Å². The molecule has 0 spiro atoms. The van der Waals surface area contributed by atoms with Crippen molar-refractivity contribution in [1.29, 1.82) is 0 Å². The third kappa shape index (κ3) is 3.17. The summed E-state index contributed by atoms with van der Waals surface area (Å²) in [5.41, 5.74) is 2.07. The number of nitrogens with zero attached hydrogens (tertiary/aromatic N) is 5. The first kappa shape index (κ1) is 15.6. The molecule has 1 aliphatic heterocycles. The van der Waals surface area contributed by atoms with Gasteiger partial charge in [-0.2, -0.15) is 0 Å². The van der Waals surface area contributed by atoms with Gasteiger partial charge in [0.1, 0.15) is 11.3 Å². The van der Waals surface area contributed by atoms with Gasteiger partial charge < -0.3 is 14.6 Å². The second-order valence-corrected chi connectivity index (χ2v) is 6.41. The van der Waals surface area contributed by atoms with Gasteiger partial charge in [-0.05, 0) is 31.4 Å². The molecule has 0 saturated carbocycles. The second kappa shape index (κ2) is 6.51. The Labute approximate surface area is 145 Å². The van der Waals surface area contributed by atoms with E-state index in [2.05, 4.69) is 25.2 Å². The number of amides is 1. The fourth-order valence-corrected chi connectivity index (χ4v) is 3.21. The van der Waals surface area contributed by atoms with Gasteiger partial charge in [-0.1, -0.05) is 6.07 Å².